The first-order valence-corrected chi connectivity index (χ1v) is 12.3. The summed E-state index contributed by atoms with van der Waals surface area (Å²) < 4.78 is 3.41. The van der Waals surface area contributed by atoms with Gasteiger partial charge in [0.05, 0.1) is 0 Å². The molecule has 1 N–H and O–H groups in total. The molecule has 0 saturated heterocycles. The number of unbranched alkanes of at least 4 members (excludes halogenated alkanes) is 15. The summed E-state index contributed by atoms with van der Waals surface area (Å²) in [7, 11) is 0. The second-order valence-corrected chi connectivity index (χ2v) is 8.52. The van der Waals surface area contributed by atoms with Gasteiger partial charge < -0.3 is 4.72 Å². The highest BCUT2D eigenvalue weighted by Gasteiger charge is 1.95. The van der Waals surface area contributed by atoms with E-state index < -0.39 is 0 Å². The van der Waals surface area contributed by atoms with Crippen molar-refractivity contribution in [2.24, 2.45) is 0 Å². The number of anilines is 1. The third kappa shape index (κ3) is 15.6. The predicted molar refractivity (Wildman–Crippen MR) is 122 cm³/mol. The molecule has 2 heteroatoms. The van der Waals surface area contributed by atoms with E-state index in [0.717, 1.165) is 0 Å². The quantitative estimate of drug-likeness (QED) is 0.191. The van der Waals surface area contributed by atoms with Crippen molar-refractivity contribution < 1.29 is 0 Å². The van der Waals surface area contributed by atoms with Gasteiger partial charge in [0, 0.05) is 11.4 Å². The lowest BCUT2D eigenvalue weighted by atomic mass is 10.0. The van der Waals surface area contributed by atoms with Crippen molar-refractivity contribution in [3.63, 3.8) is 0 Å². The third-order valence-corrected chi connectivity index (χ3v) is 5.94. The Labute approximate surface area is 168 Å². The summed E-state index contributed by atoms with van der Waals surface area (Å²) in [6.07, 6.45) is 23.0. The zero-order valence-electron chi connectivity index (χ0n) is 17.3. The van der Waals surface area contributed by atoms with Crippen molar-refractivity contribution in [3.05, 3.63) is 30.3 Å². The lowest BCUT2D eigenvalue weighted by Gasteiger charge is -2.05. The molecule has 0 spiro atoms. The lowest BCUT2D eigenvalue weighted by molar-refractivity contribution is 0.532. The summed E-state index contributed by atoms with van der Waals surface area (Å²) in [6, 6.07) is 10.5. The van der Waals surface area contributed by atoms with Gasteiger partial charge >= 0.3 is 0 Å². The molecule has 1 aromatic carbocycles. The van der Waals surface area contributed by atoms with Crippen LogP contribution in [0.25, 0.3) is 0 Å². The van der Waals surface area contributed by atoms with Crippen LogP contribution in [0.5, 0.6) is 0 Å². The highest BCUT2D eigenvalue weighted by atomic mass is 32.2. The SMILES string of the molecule is CCCCCCCCCCCCCCCCCCSNc1ccccc1. The Hall–Kier alpha value is -0.630. The van der Waals surface area contributed by atoms with E-state index in [2.05, 4.69) is 42.0 Å². The molecule has 0 atom stereocenters. The summed E-state index contributed by atoms with van der Waals surface area (Å²) in [4.78, 5) is 0. The maximum atomic E-state index is 3.41. The Morgan fingerprint density at radius 2 is 1.00 bits per heavy atom. The average Bonchev–Trinajstić information content (AvgIpc) is 2.68. The minimum absolute atomic E-state index is 1.22. The van der Waals surface area contributed by atoms with E-state index in [9.17, 15) is 0 Å². The summed E-state index contributed by atoms with van der Waals surface area (Å²) in [6.45, 7) is 2.30. The molecule has 1 aromatic rings. The Bertz CT molecular complexity index is 379. The molecule has 26 heavy (non-hydrogen) atoms. The van der Waals surface area contributed by atoms with Gasteiger partial charge in [-0.15, -0.1) is 0 Å². The van der Waals surface area contributed by atoms with Crippen LogP contribution in [-0.4, -0.2) is 5.75 Å². The van der Waals surface area contributed by atoms with Gasteiger partial charge in [0.1, 0.15) is 0 Å². The zero-order chi connectivity index (χ0) is 18.5. The molecule has 0 amide bonds. The van der Waals surface area contributed by atoms with Gasteiger partial charge in [0.15, 0.2) is 0 Å². The van der Waals surface area contributed by atoms with Crippen LogP contribution in [0.4, 0.5) is 5.69 Å². The van der Waals surface area contributed by atoms with Gasteiger partial charge in [-0.3, -0.25) is 0 Å². The summed E-state index contributed by atoms with van der Waals surface area (Å²) in [5.74, 6) is 1.22. The fraction of sp³-hybridized carbons (Fsp3) is 0.750. The van der Waals surface area contributed by atoms with Crippen LogP contribution >= 0.6 is 11.9 Å². The van der Waals surface area contributed by atoms with Gasteiger partial charge in [-0.05, 0) is 18.6 Å². The topological polar surface area (TPSA) is 12.0 Å². The summed E-state index contributed by atoms with van der Waals surface area (Å²) in [5.41, 5.74) is 1.22. The first kappa shape index (κ1) is 23.4. The zero-order valence-corrected chi connectivity index (χ0v) is 18.1. The van der Waals surface area contributed by atoms with E-state index in [1.807, 2.05) is 11.9 Å². The molecule has 0 aromatic heterocycles. The van der Waals surface area contributed by atoms with Gasteiger partial charge in [-0.2, -0.15) is 0 Å². The molecule has 0 heterocycles. The number of nitrogens with one attached hydrogen (secondary N) is 1. The first-order valence-electron chi connectivity index (χ1n) is 11.4. The monoisotopic (exact) mass is 377 g/mol. The highest BCUT2D eigenvalue weighted by molar-refractivity contribution is 8.00. The van der Waals surface area contributed by atoms with E-state index >= 15 is 0 Å². The Morgan fingerprint density at radius 3 is 1.46 bits per heavy atom. The van der Waals surface area contributed by atoms with Crippen LogP contribution in [-0.2, 0) is 0 Å². The number of hydrogen-bond donors (Lipinski definition) is 1. The number of rotatable bonds is 19. The van der Waals surface area contributed by atoms with Gasteiger partial charge in [0.25, 0.3) is 0 Å². The average molecular weight is 378 g/mol. The fourth-order valence-corrected chi connectivity index (χ4v) is 4.12. The number of hydrogen-bond acceptors (Lipinski definition) is 2. The molecule has 150 valence electrons. The largest absolute Gasteiger partial charge is 0.330 e. The van der Waals surface area contributed by atoms with Gasteiger partial charge in [0.2, 0.25) is 0 Å². The number of para-hydroxylation sites is 1. The minimum atomic E-state index is 1.22. The number of benzene rings is 1. The van der Waals surface area contributed by atoms with Crippen LogP contribution in [0.15, 0.2) is 30.3 Å². The molecule has 0 radical (unpaired) electrons. The molecule has 1 nitrogen and oxygen atoms in total. The maximum absolute atomic E-state index is 3.41. The van der Waals surface area contributed by atoms with E-state index in [1.54, 1.807) is 0 Å². The molecule has 1 rings (SSSR count). The lowest BCUT2D eigenvalue weighted by Crippen LogP contribution is -1.89. The normalized spacial score (nSPS) is 11.0. The van der Waals surface area contributed by atoms with Crippen molar-refractivity contribution >= 4 is 17.6 Å². The maximum Gasteiger partial charge on any atom is 0.0440 e. The fourth-order valence-electron chi connectivity index (χ4n) is 3.36. The Morgan fingerprint density at radius 1 is 0.577 bits per heavy atom. The van der Waals surface area contributed by atoms with Crippen molar-refractivity contribution in [3.8, 4) is 0 Å². The van der Waals surface area contributed by atoms with Crippen LogP contribution in [0, 0.1) is 0 Å². The summed E-state index contributed by atoms with van der Waals surface area (Å²) in [5, 5.41) is 0. The van der Waals surface area contributed by atoms with E-state index in [0.29, 0.717) is 0 Å². The van der Waals surface area contributed by atoms with Crippen LogP contribution in [0.2, 0.25) is 0 Å². The molecule has 0 bridgehead atoms. The second-order valence-electron chi connectivity index (χ2n) is 7.62. The van der Waals surface area contributed by atoms with Crippen LogP contribution < -0.4 is 4.72 Å². The van der Waals surface area contributed by atoms with E-state index in [4.69, 9.17) is 0 Å². The molecule has 0 aliphatic rings. The minimum Gasteiger partial charge on any atom is -0.330 e. The molecule has 0 aliphatic heterocycles. The second kappa shape index (κ2) is 19.1. The van der Waals surface area contributed by atoms with E-state index in [-0.39, 0.29) is 0 Å². The third-order valence-electron chi connectivity index (χ3n) is 5.06. The predicted octanol–water partition coefficient (Wildman–Crippen LogP) is 9.01. The molecular weight excluding hydrogens is 334 g/mol. The Kier molecular flexibility index (Phi) is 17.2. The summed E-state index contributed by atoms with van der Waals surface area (Å²) >= 11 is 1.84. The van der Waals surface area contributed by atoms with Crippen LogP contribution in [0.1, 0.15) is 110 Å². The van der Waals surface area contributed by atoms with E-state index in [1.165, 1.54) is 114 Å². The molecule has 0 aliphatic carbocycles. The van der Waals surface area contributed by atoms with Gasteiger partial charge in [-0.1, -0.05) is 133 Å². The van der Waals surface area contributed by atoms with Crippen molar-refractivity contribution in [2.45, 2.75) is 110 Å². The Balaban J connectivity index is 1.68. The highest BCUT2D eigenvalue weighted by Crippen LogP contribution is 2.16. The van der Waals surface area contributed by atoms with Crippen molar-refractivity contribution in [2.75, 3.05) is 10.5 Å². The molecule has 0 fully saturated rings. The molecule has 0 unspecified atom stereocenters. The first-order chi connectivity index (χ1) is 12.9. The van der Waals surface area contributed by atoms with Crippen molar-refractivity contribution in [1.82, 2.24) is 0 Å². The molecular formula is C24H43NS. The standard InChI is InChI=1S/C24H43NS/c1-2-3-4-5-6-7-8-9-10-11-12-13-14-15-16-20-23-26-25-24-21-18-17-19-22-24/h17-19,21-22,25H,2-16,20,23H2,1H3. The van der Waals surface area contributed by atoms with Crippen molar-refractivity contribution in [1.29, 1.82) is 0 Å². The van der Waals surface area contributed by atoms with Gasteiger partial charge in [-0.25, -0.2) is 0 Å². The smallest absolute Gasteiger partial charge is 0.0440 e. The van der Waals surface area contributed by atoms with Crippen LogP contribution in [0.3, 0.4) is 0 Å². The molecule has 0 saturated carbocycles.